The van der Waals surface area contributed by atoms with E-state index in [1.165, 1.54) is 0 Å². The Hall–Kier alpha value is -1.03. The Kier molecular flexibility index (Phi) is 2.46. The van der Waals surface area contributed by atoms with Gasteiger partial charge in [-0.25, -0.2) is 4.68 Å². The van der Waals surface area contributed by atoms with Crippen molar-refractivity contribution in [2.75, 3.05) is 5.73 Å². The SMILES string of the molecule is Cc1cc(N)n(CC2CCC(C)O2)n1. The van der Waals surface area contributed by atoms with Crippen molar-refractivity contribution >= 4 is 5.82 Å². The molecule has 4 nitrogen and oxygen atoms in total. The van der Waals surface area contributed by atoms with E-state index >= 15 is 0 Å². The highest BCUT2D eigenvalue weighted by Gasteiger charge is 2.22. The van der Waals surface area contributed by atoms with E-state index < -0.39 is 0 Å². The number of anilines is 1. The summed E-state index contributed by atoms with van der Waals surface area (Å²) in [6.45, 7) is 4.84. The smallest absolute Gasteiger partial charge is 0.122 e. The van der Waals surface area contributed by atoms with Gasteiger partial charge in [0.05, 0.1) is 24.4 Å². The Labute approximate surface area is 84.0 Å². The zero-order chi connectivity index (χ0) is 10.1. The minimum absolute atomic E-state index is 0.284. The summed E-state index contributed by atoms with van der Waals surface area (Å²) in [5.41, 5.74) is 6.77. The highest BCUT2D eigenvalue weighted by Crippen LogP contribution is 2.21. The molecule has 1 aromatic rings. The first-order chi connectivity index (χ1) is 6.65. The van der Waals surface area contributed by atoms with Gasteiger partial charge in [-0.1, -0.05) is 0 Å². The molecular formula is C10H17N3O. The number of nitrogens with zero attached hydrogens (tertiary/aromatic N) is 2. The molecule has 1 aliphatic rings. The molecule has 2 N–H and O–H groups in total. The van der Waals surface area contributed by atoms with Crippen molar-refractivity contribution < 1.29 is 4.74 Å². The zero-order valence-corrected chi connectivity index (χ0v) is 8.73. The van der Waals surface area contributed by atoms with Gasteiger partial charge in [-0.3, -0.25) is 0 Å². The van der Waals surface area contributed by atoms with Crippen LogP contribution in [0.4, 0.5) is 5.82 Å². The van der Waals surface area contributed by atoms with E-state index in [1.54, 1.807) is 0 Å². The standard InChI is InChI=1S/C10H17N3O/c1-7-5-10(11)13(12-7)6-9-4-3-8(2)14-9/h5,8-9H,3-4,6,11H2,1-2H3. The molecular weight excluding hydrogens is 178 g/mol. The number of hydrogen-bond donors (Lipinski definition) is 1. The first-order valence-electron chi connectivity index (χ1n) is 5.10. The van der Waals surface area contributed by atoms with Crippen LogP contribution in [0.3, 0.4) is 0 Å². The van der Waals surface area contributed by atoms with Gasteiger partial charge in [0.2, 0.25) is 0 Å². The van der Waals surface area contributed by atoms with Crippen molar-refractivity contribution in [3.05, 3.63) is 11.8 Å². The summed E-state index contributed by atoms with van der Waals surface area (Å²) in [7, 11) is 0. The molecule has 0 saturated carbocycles. The molecule has 0 bridgehead atoms. The van der Waals surface area contributed by atoms with Gasteiger partial charge in [0.15, 0.2) is 0 Å². The molecule has 1 saturated heterocycles. The lowest BCUT2D eigenvalue weighted by Gasteiger charge is -2.11. The largest absolute Gasteiger partial charge is 0.384 e. The lowest BCUT2D eigenvalue weighted by molar-refractivity contribution is 0.0440. The topological polar surface area (TPSA) is 53.1 Å². The summed E-state index contributed by atoms with van der Waals surface area (Å²) in [6, 6.07) is 1.89. The quantitative estimate of drug-likeness (QED) is 0.774. The average molecular weight is 195 g/mol. The molecule has 0 spiro atoms. The third-order valence-electron chi connectivity index (χ3n) is 2.63. The molecule has 14 heavy (non-hydrogen) atoms. The Morgan fingerprint density at radius 3 is 2.93 bits per heavy atom. The molecule has 78 valence electrons. The summed E-state index contributed by atoms with van der Waals surface area (Å²) in [6.07, 6.45) is 2.93. The fourth-order valence-electron chi connectivity index (χ4n) is 1.92. The van der Waals surface area contributed by atoms with Crippen LogP contribution < -0.4 is 5.73 Å². The molecule has 2 atom stereocenters. The maximum absolute atomic E-state index is 5.80. The van der Waals surface area contributed by atoms with Crippen LogP contribution in [0.15, 0.2) is 6.07 Å². The number of rotatable bonds is 2. The highest BCUT2D eigenvalue weighted by atomic mass is 16.5. The van der Waals surface area contributed by atoms with Gasteiger partial charge in [0.1, 0.15) is 5.82 Å². The number of nitrogens with two attached hydrogens (primary N) is 1. The fraction of sp³-hybridized carbons (Fsp3) is 0.700. The van der Waals surface area contributed by atoms with Gasteiger partial charge in [0.25, 0.3) is 0 Å². The Bertz CT molecular complexity index is 321. The zero-order valence-electron chi connectivity index (χ0n) is 8.73. The Balaban J connectivity index is 2.00. The molecule has 0 aromatic carbocycles. The second kappa shape index (κ2) is 3.61. The van der Waals surface area contributed by atoms with Crippen molar-refractivity contribution in [2.24, 2.45) is 0 Å². The van der Waals surface area contributed by atoms with Crippen LogP contribution in [-0.2, 0) is 11.3 Å². The summed E-state index contributed by atoms with van der Waals surface area (Å²) < 4.78 is 7.54. The van der Waals surface area contributed by atoms with Crippen molar-refractivity contribution in [2.45, 2.75) is 45.4 Å². The van der Waals surface area contributed by atoms with Crippen LogP contribution in [0.1, 0.15) is 25.5 Å². The Morgan fingerprint density at radius 2 is 2.43 bits per heavy atom. The second-order valence-corrected chi connectivity index (χ2v) is 4.04. The number of hydrogen-bond acceptors (Lipinski definition) is 3. The van der Waals surface area contributed by atoms with Crippen LogP contribution in [0, 0.1) is 6.92 Å². The van der Waals surface area contributed by atoms with Crippen LogP contribution >= 0.6 is 0 Å². The molecule has 1 fully saturated rings. The average Bonchev–Trinajstić information content (AvgIpc) is 2.61. The van der Waals surface area contributed by atoms with E-state index in [-0.39, 0.29) is 6.10 Å². The van der Waals surface area contributed by atoms with Crippen LogP contribution in [0.2, 0.25) is 0 Å². The van der Waals surface area contributed by atoms with E-state index in [1.807, 2.05) is 17.7 Å². The van der Waals surface area contributed by atoms with Gasteiger partial charge < -0.3 is 10.5 Å². The van der Waals surface area contributed by atoms with Crippen LogP contribution in [0.5, 0.6) is 0 Å². The minimum Gasteiger partial charge on any atom is -0.384 e. The number of aryl methyl sites for hydroxylation is 1. The van der Waals surface area contributed by atoms with E-state index in [4.69, 9.17) is 10.5 Å². The van der Waals surface area contributed by atoms with E-state index in [2.05, 4.69) is 12.0 Å². The summed E-state index contributed by atoms with van der Waals surface area (Å²) in [4.78, 5) is 0. The summed E-state index contributed by atoms with van der Waals surface area (Å²) in [5, 5.41) is 4.31. The van der Waals surface area contributed by atoms with Gasteiger partial charge >= 0.3 is 0 Å². The second-order valence-electron chi connectivity index (χ2n) is 4.04. The molecule has 4 heteroatoms. The van der Waals surface area contributed by atoms with Crippen molar-refractivity contribution in [3.8, 4) is 0 Å². The van der Waals surface area contributed by atoms with Crippen molar-refractivity contribution in [1.29, 1.82) is 0 Å². The van der Waals surface area contributed by atoms with Crippen molar-refractivity contribution in [1.82, 2.24) is 9.78 Å². The lowest BCUT2D eigenvalue weighted by Crippen LogP contribution is -2.18. The van der Waals surface area contributed by atoms with E-state index in [0.29, 0.717) is 6.10 Å². The molecule has 1 aromatic heterocycles. The van der Waals surface area contributed by atoms with E-state index in [9.17, 15) is 0 Å². The molecule has 0 radical (unpaired) electrons. The first kappa shape index (κ1) is 9.52. The minimum atomic E-state index is 0.284. The number of nitrogen functional groups attached to an aromatic ring is 1. The number of ether oxygens (including phenoxy) is 1. The monoisotopic (exact) mass is 195 g/mol. The third-order valence-corrected chi connectivity index (χ3v) is 2.63. The van der Waals surface area contributed by atoms with Crippen LogP contribution in [0.25, 0.3) is 0 Å². The molecule has 0 aliphatic carbocycles. The highest BCUT2D eigenvalue weighted by molar-refractivity contribution is 5.30. The van der Waals surface area contributed by atoms with Gasteiger partial charge in [0, 0.05) is 6.07 Å². The summed E-state index contributed by atoms with van der Waals surface area (Å²) >= 11 is 0. The molecule has 2 unspecified atom stereocenters. The normalized spacial score (nSPS) is 27.0. The Morgan fingerprint density at radius 1 is 1.64 bits per heavy atom. The first-order valence-corrected chi connectivity index (χ1v) is 5.10. The predicted molar refractivity (Wildman–Crippen MR) is 54.9 cm³/mol. The lowest BCUT2D eigenvalue weighted by atomic mass is 10.2. The molecule has 0 amide bonds. The number of aromatic nitrogens is 2. The van der Waals surface area contributed by atoms with Crippen LogP contribution in [-0.4, -0.2) is 22.0 Å². The van der Waals surface area contributed by atoms with Crippen molar-refractivity contribution in [3.63, 3.8) is 0 Å². The summed E-state index contributed by atoms with van der Waals surface area (Å²) in [5.74, 6) is 0.727. The van der Waals surface area contributed by atoms with E-state index in [0.717, 1.165) is 30.9 Å². The van der Waals surface area contributed by atoms with Gasteiger partial charge in [-0.2, -0.15) is 5.10 Å². The van der Waals surface area contributed by atoms with Gasteiger partial charge in [-0.15, -0.1) is 0 Å². The maximum Gasteiger partial charge on any atom is 0.122 e. The molecule has 1 aliphatic heterocycles. The fourth-order valence-corrected chi connectivity index (χ4v) is 1.92. The third kappa shape index (κ3) is 1.90. The molecule has 2 heterocycles. The predicted octanol–water partition coefficient (Wildman–Crippen LogP) is 1.34. The molecule has 2 rings (SSSR count). The van der Waals surface area contributed by atoms with Gasteiger partial charge in [-0.05, 0) is 26.7 Å². The maximum atomic E-state index is 5.80.